The number of hydrogen-bond acceptors (Lipinski definition) is 3. The maximum atomic E-state index is 13.8. The van der Waals surface area contributed by atoms with Gasteiger partial charge in [-0.15, -0.1) is 0 Å². The highest BCUT2D eigenvalue weighted by molar-refractivity contribution is 5.98. The zero-order valence-corrected chi connectivity index (χ0v) is 13.2. The Bertz CT molecular complexity index is 760. The topological polar surface area (TPSA) is 77.8 Å². The van der Waals surface area contributed by atoms with Crippen LogP contribution in [0.5, 0.6) is 5.75 Å². The second-order valence-electron chi connectivity index (χ2n) is 5.39. The molecule has 0 atom stereocenters. The van der Waals surface area contributed by atoms with Gasteiger partial charge in [0.2, 0.25) is 0 Å². The van der Waals surface area contributed by atoms with Gasteiger partial charge in [0.1, 0.15) is 11.6 Å². The van der Waals surface area contributed by atoms with Crippen molar-refractivity contribution < 1.29 is 24.2 Å². The first-order valence-corrected chi connectivity index (χ1v) is 7.52. The first-order chi connectivity index (χ1) is 11.4. The third kappa shape index (κ3) is 4.10. The van der Waals surface area contributed by atoms with E-state index in [2.05, 4.69) is 0 Å². The summed E-state index contributed by atoms with van der Waals surface area (Å²) in [7, 11) is 0. The summed E-state index contributed by atoms with van der Waals surface area (Å²) in [5.74, 6) is -2.41. The number of amides is 1. The van der Waals surface area contributed by atoms with Gasteiger partial charge in [-0.2, -0.15) is 0 Å². The molecular formula is C18H18FNO4. The molecule has 0 aliphatic heterocycles. The summed E-state index contributed by atoms with van der Waals surface area (Å²) in [6.45, 7) is 2.33. The lowest BCUT2D eigenvalue weighted by molar-refractivity contribution is 0.0696. The minimum atomic E-state index is -1.24. The normalized spacial score (nSPS) is 10.4. The maximum Gasteiger partial charge on any atom is 0.335 e. The highest BCUT2D eigenvalue weighted by Crippen LogP contribution is 2.19. The molecule has 0 saturated carbocycles. The lowest BCUT2D eigenvalue weighted by Crippen LogP contribution is -2.31. The van der Waals surface area contributed by atoms with Gasteiger partial charge >= 0.3 is 5.97 Å². The van der Waals surface area contributed by atoms with Gasteiger partial charge in [0.05, 0.1) is 5.56 Å². The number of aromatic hydroxyl groups is 1. The SMILES string of the molecule is CCCN(Cc1ccccc1F)C(=O)c1cc(O)cc(C(=O)O)c1. The van der Waals surface area contributed by atoms with Gasteiger partial charge < -0.3 is 15.1 Å². The van der Waals surface area contributed by atoms with Crippen molar-refractivity contribution in [2.45, 2.75) is 19.9 Å². The van der Waals surface area contributed by atoms with Gasteiger partial charge in [-0.25, -0.2) is 9.18 Å². The van der Waals surface area contributed by atoms with Crippen LogP contribution in [-0.4, -0.2) is 33.5 Å². The lowest BCUT2D eigenvalue weighted by atomic mass is 10.1. The number of aromatic carboxylic acids is 1. The van der Waals surface area contributed by atoms with Crippen LogP contribution in [0, 0.1) is 5.82 Å². The van der Waals surface area contributed by atoms with Crippen LogP contribution < -0.4 is 0 Å². The fraction of sp³-hybridized carbons (Fsp3) is 0.222. The molecule has 1 amide bonds. The van der Waals surface area contributed by atoms with Crippen molar-refractivity contribution in [2.75, 3.05) is 6.54 Å². The number of phenols is 1. The van der Waals surface area contributed by atoms with Crippen LogP contribution in [0.25, 0.3) is 0 Å². The zero-order chi connectivity index (χ0) is 17.7. The van der Waals surface area contributed by atoms with Gasteiger partial charge in [-0.3, -0.25) is 4.79 Å². The number of carboxylic acid groups (broad SMARTS) is 1. The number of rotatable bonds is 6. The van der Waals surface area contributed by atoms with E-state index in [1.807, 2.05) is 6.92 Å². The molecule has 5 nitrogen and oxygen atoms in total. The van der Waals surface area contributed by atoms with E-state index in [4.69, 9.17) is 5.11 Å². The zero-order valence-electron chi connectivity index (χ0n) is 13.2. The van der Waals surface area contributed by atoms with Crippen LogP contribution in [-0.2, 0) is 6.54 Å². The van der Waals surface area contributed by atoms with Crippen molar-refractivity contribution in [3.63, 3.8) is 0 Å². The molecule has 6 heteroatoms. The smallest absolute Gasteiger partial charge is 0.335 e. The number of carboxylic acids is 1. The van der Waals surface area contributed by atoms with Crippen LogP contribution >= 0.6 is 0 Å². The first kappa shape index (κ1) is 17.5. The molecule has 24 heavy (non-hydrogen) atoms. The maximum absolute atomic E-state index is 13.8. The van der Waals surface area contributed by atoms with E-state index >= 15 is 0 Å². The van der Waals surface area contributed by atoms with Crippen LogP contribution in [0.4, 0.5) is 4.39 Å². The third-order valence-corrected chi connectivity index (χ3v) is 3.51. The van der Waals surface area contributed by atoms with E-state index in [1.54, 1.807) is 18.2 Å². The summed E-state index contributed by atoms with van der Waals surface area (Å²) in [6, 6.07) is 9.65. The summed E-state index contributed by atoms with van der Waals surface area (Å²) in [5.41, 5.74) is 0.246. The largest absolute Gasteiger partial charge is 0.508 e. The quantitative estimate of drug-likeness (QED) is 0.851. The second-order valence-corrected chi connectivity index (χ2v) is 5.39. The second kappa shape index (κ2) is 7.59. The Hall–Kier alpha value is -2.89. The number of halogens is 1. The van der Waals surface area contributed by atoms with E-state index in [0.29, 0.717) is 18.5 Å². The number of nitrogens with zero attached hydrogens (tertiary/aromatic N) is 1. The highest BCUT2D eigenvalue weighted by Gasteiger charge is 2.19. The summed E-state index contributed by atoms with van der Waals surface area (Å²) >= 11 is 0. The van der Waals surface area contributed by atoms with Gasteiger partial charge in [0.25, 0.3) is 5.91 Å². The average Bonchev–Trinajstić information content (AvgIpc) is 2.55. The minimum Gasteiger partial charge on any atom is -0.508 e. The van der Waals surface area contributed by atoms with Crippen molar-refractivity contribution in [3.05, 3.63) is 65.0 Å². The minimum absolute atomic E-state index is 0.0530. The predicted molar refractivity (Wildman–Crippen MR) is 86.5 cm³/mol. The molecule has 0 heterocycles. The third-order valence-electron chi connectivity index (χ3n) is 3.51. The summed E-state index contributed by atoms with van der Waals surface area (Å²) < 4.78 is 13.8. The Morgan fingerprint density at radius 2 is 1.79 bits per heavy atom. The Morgan fingerprint density at radius 3 is 2.42 bits per heavy atom. The molecule has 2 aromatic carbocycles. The predicted octanol–water partition coefficient (Wildman–Crippen LogP) is 3.28. The molecule has 0 spiro atoms. The molecule has 126 valence electrons. The van der Waals surface area contributed by atoms with Crippen molar-refractivity contribution in [2.24, 2.45) is 0 Å². The number of carbonyl (C=O) groups excluding carboxylic acids is 1. The van der Waals surface area contributed by atoms with Crippen LogP contribution in [0.2, 0.25) is 0 Å². The van der Waals surface area contributed by atoms with E-state index in [9.17, 15) is 19.1 Å². The summed E-state index contributed by atoms with van der Waals surface area (Å²) in [6.07, 6.45) is 0.658. The fourth-order valence-corrected chi connectivity index (χ4v) is 2.40. The van der Waals surface area contributed by atoms with Crippen LogP contribution in [0.3, 0.4) is 0 Å². The van der Waals surface area contributed by atoms with E-state index in [1.165, 1.54) is 23.1 Å². The molecule has 0 aromatic heterocycles. The van der Waals surface area contributed by atoms with Crippen LogP contribution in [0.1, 0.15) is 39.6 Å². The number of phenolic OH excluding ortho intramolecular Hbond substituents is 1. The Balaban J connectivity index is 2.32. The Kier molecular flexibility index (Phi) is 5.52. The van der Waals surface area contributed by atoms with Gasteiger partial charge in [-0.05, 0) is 30.7 Å². The number of carbonyl (C=O) groups is 2. The number of hydrogen-bond donors (Lipinski definition) is 2. The Labute approximate surface area is 139 Å². The van der Waals surface area contributed by atoms with E-state index in [0.717, 1.165) is 6.07 Å². The molecule has 2 N–H and O–H groups in total. The van der Waals surface area contributed by atoms with Crippen molar-refractivity contribution >= 4 is 11.9 Å². The number of benzene rings is 2. The Morgan fingerprint density at radius 1 is 1.12 bits per heavy atom. The van der Waals surface area contributed by atoms with Gasteiger partial charge in [0.15, 0.2) is 0 Å². The van der Waals surface area contributed by atoms with Crippen molar-refractivity contribution in [1.29, 1.82) is 0 Å². The summed E-state index contributed by atoms with van der Waals surface area (Å²) in [4.78, 5) is 25.2. The molecular weight excluding hydrogens is 313 g/mol. The monoisotopic (exact) mass is 331 g/mol. The van der Waals surface area contributed by atoms with Crippen LogP contribution in [0.15, 0.2) is 42.5 Å². The van der Waals surface area contributed by atoms with E-state index < -0.39 is 17.7 Å². The van der Waals surface area contributed by atoms with Crippen molar-refractivity contribution in [1.82, 2.24) is 4.90 Å². The molecule has 0 aliphatic carbocycles. The molecule has 0 fully saturated rings. The van der Waals surface area contributed by atoms with Crippen molar-refractivity contribution in [3.8, 4) is 5.75 Å². The molecule has 2 rings (SSSR count). The molecule has 0 radical (unpaired) electrons. The summed E-state index contributed by atoms with van der Waals surface area (Å²) in [5, 5.41) is 18.7. The molecule has 0 unspecified atom stereocenters. The van der Waals surface area contributed by atoms with Gasteiger partial charge in [-0.1, -0.05) is 25.1 Å². The molecule has 0 aliphatic rings. The lowest BCUT2D eigenvalue weighted by Gasteiger charge is -2.23. The highest BCUT2D eigenvalue weighted by atomic mass is 19.1. The average molecular weight is 331 g/mol. The molecule has 2 aromatic rings. The van der Waals surface area contributed by atoms with E-state index in [-0.39, 0.29) is 23.4 Å². The molecule has 0 bridgehead atoms. The first-order valence-electron chi connectivity index (χ1n) is 7.52. The molecule has 0 saturated heterocycles. The fourth-order valence-electron chi connectivity index (χ4n) is 2.40. The standard InChI is InChI=1S/C18H18FNO4/c1-2-7-20(11-12-5-3-4-6-16(12)19)17(22)13-8-14(18(23)24)10-15(21)9-13/h3-6,8-10,21H,2,7,11H2,1H3,(H,23,24). The van der Waals surface area contributed by atoms with Gasteiger partial charge in [0, 0.05) is 24.2 Å².